The largest absolute Gasteiger partial charge is 0.495 e. The van der Waals surface area contributed by atoms with Gasteiger partial charge in [0.1, 0.15) is 0 Å². The van der Waals surface area contributed by atoms with E-state index in [9.17, 15) is 0 Å². The maximum atomic E-state index is 6.40. The van der Waals surface area contributed by atoms with Crippen molar-refractivity contribution < 1.29 is 9.31 Å². The molecule has 0 aromatic heterocycles. The van der Waals surface area contributed by atoms with Gasteiger partial charge in [0.15, 0.2) is 0 Å². The number of hydrogen-bond acceptors (Lipinski definition) is 2. The molecule has 1 aliphatic heterocycles. The van der Waals surface area contributed by atoms with Gasteiger partial charge >= 0.3 is 7.12 Å². The molecule has 5 rings (SSSR count). The minimum absolute atomic E-state index is 0.363. The fourth-order valence-electron chi connectivity index (χ4n) is 4.04. The molecule has 0 saturated carbocycles. The molecular weight excluding hydrogens is 355 g/mol. The summed E-state index contributed by atoms with van der Waals surface area (Å²) in [5, 5.41) is 4.87. The fourth-order valence-corrected chi connectivity index (χ4v) is 4.04. The summed E-state index contributed by atoms with van der Waals surface area (Å²) in [4.78, 5) is 0. The van der Waals surface area contributed by atoms with Gasteiger partial charge in [-0.25, -0.2) is 0 Å². The molecular formula is C26H25BO2. The zero-order valence-corrected chi connectivity index (χ0v) is 17.4. The Hall–Kier alpha value is -2.62. The molecule has 0 N–H and O–H groups in total. The zero-order valence-electron chi connectivity index (χ0n) is 17.4. The van der Waals surface area contributed by atoms with E-state index in [2.05, 4.69) is 107 Å². The van der Waals surface area contributed by atoms with Gasteiger partial charge in [-0.2, -0.15) is 0 Å². The first kappa shape index (κ1) is 18.4. The van der Waals surface area contributed by atoms with Crippen molar-refractivity contribution in [2.75, 3.05) is 0 Å². The maximum Gasteiger partial charge on any atom is 0.495 e. The molecule has 1 fully saturated rings. The first-order chi connectivity index (χ1) is 13.8. The van der Waals surface area contributed by atoms with Crippen LogP contribution in [0.15, 0.2) is 78.9 Å². The summed E-state index contributed by atoms with van der Waals surface area (Å²) in [6, 6.07) is 28.1. The second-order valence-corrected chi connectivity index (χ2v) is 8.94. The smallest absolute Gasteiger partial charge is 0.399 e. The van der Waals surface area contributed by atoms with E-state index in [4.69, 9.17) is 9.31 Å². The SMILES string of the molecule is CC1(C)OB(c2cc(-c3ccc4ccccc4c3)cc3ccccc23)OC1(C)C. The molecule has 0 amide bonds. The fraction of sp³-hybridized carbons (Fsp3) is 0.231. The normalized spacial score (nSPS) is 17.9. The lowest BCUT2D eigenvalue weighted by Gasteiger charge is -2.32. The molecule has 1 aliphatic rings. The van der Waals surface area contributed by atoms with Crippen molar-refractivity contribution >= 4 is 34.1 Å². The number of fused-ring (bicyclic) bond motifs is 2. The molecule has 0 atom stereocenters. The summed E-state index contributed by atoms with van der Waals surface area (Å²) in [5.41, 5.74) is 2.74. The lowest BCUT2D eigenvalue weighted by Crippen LogP contribution is -2.41. The van der Waals surface area contributed by atoms with Gasteiger partial charge in [-0.15, -0.1) is 0 Å². The zero-order chi connectivity index (χ0) is 20.2. The molecule has 1 saturated heterocycles. The summed E-state index contributed by atoms with van der Waals surface area (Å²) >= 11 is 0. The van der Waals surface area contributed by atoms with Gasteiger partial charge in [0.05, 0.1) is 11.2 Å². The molecule has 3 heteroatoms. The average Bonchev–Trinajstić information content (AvgIpc) is 2.93. The predicted molar refractivity (Wildman–Crippen MR) is 123 cm³/mol. The predicted octanol–water partition coefficient (Wildman–Crippen LogP) is 5.96. The van der Waals surface area contributed by atoms with Gasteiger partial charge in [-0.05, 0) is 78.0 Å². The lowest BCUT2D eigenvalue weighted by atomic mass is 9.74. The van der Waals surface area contributed by atoms with E-state index < -0.39 is 0 Å². The maximum absolute atomic E-state index is 6.40. The average molecular weight is 380 g/mol. The van der Waals surface area contributed by atoms with Gasteiger partial charge in [0.2, 0.25) is 0 Å². The van der Waals surface area contributed by atoms with E-state index in [-0.39, 0.29) is 18.3 Å². The quantitative estimate of drug-likeness (QED) is 0.400. The number of benzene rings is 4. The van der Waals surface area contributed by atoms with Crippen molar-refractivity contribution in [3.05, 3.63) is 78.9 Å². The van der Waals surface area contributed by atoms with E-state index >= 15 is 0 Å². The Bertz CT molecular complexity index is 1210. The Kier molecular flexibility index (Phi) is 4.09. The summed E-state index contributed by atoms with van der Waals surface area (Å²) in [7, 11) is -0.384. The molecule has 4 aromatic carbocycles. The highest BCUT2D eigenvalue weighted by atomic mass is 16.7. The van der Waals surface area contributed by atoms with Crippen LogP contribution < -0.4 is 5.46 Å². The summed E-state index contributed by atoms with van der Waals surface area (Å²) in [5.74, 6) is 0. The molecule has 0 unspecified atom stereocenters. The van der Waals surface area contributed by atoms with E-state index in [1.807, 2.05) is 0 Å². The van der Waals surface area contributed by atoms with Crippen LogP contribution in [0, 0.1) is 0 Å². The van der Waals surface area contributed by atoms with Crippen molar-refractivity contribution in [2.24, 2.45) is 0 Å². The van der Waals surface area contributed by atoms with Crippen LogP contribution in [0.4, 0.5) is 0 Å². The molecule has 1 heterocycles. The first-order valence-electron chi connectivity index (χ1n) is 10.2. The molecule has 0 spiro atoms. The molecule has 2 nitrogen and oxygen atoms in total. The van der Waals surface area contributed by atoms with Crippen molar-refractivity contribution in [3.8, 4) is 11.1 Å². The minimum atomic E-state index is -0.384. The number of hydrogen-bond donors (Lipinski definition) is 0. The Balaban J connectivity index is 1.68. The Morgan fingerprint density at radius 2 is 1.17 bits per heavy atom. The third-order valence-electron chi connectivity index (χ3n) is 6.48. The van der Waals surface area contributed by atoms with E-state index in [0.29, 0.717) is 0 Å². The van der Waals surface area contributed by atoms with E-state index in [1.54, 1.807) is 0 Å². The summed E-state index contributed by atoms with van der Waals surface area (Å²) < 4.78 is 12.8. The van der Waals surface area contributed by atoms with Crippen LogP contribution in [0.2, 0.25) is 0 Å². The van der Waals surface area contributed by atoms with Crippen LogP contribution in [0.25, 0.3) is 32.7 Å². The third kappa shape index (κ3) is 3.06. The van der Waals surface area contributed by atoms with E-state index in [1.165, 1.54) is 32.7 Å². The monoisotopic (exact) mass is 380 g/mol. The molecule has 0 radical (unpaired) electrons. The highest BCUT2D eigenvalue weighted by Crippen LogP contribution is 2.37. The Labute approximate surface area is 172 Å². The van der Waals surface area contributed by atoms with Crippen LogP contribution in [-0.4, -0.2) is 18.3 Å². The minimum Gasteiger partial charge on any atom is -0.399 e. The standard InChI is InChI=1S/C26H25BO2/c1-25(2)26(3,4)29-27(28-25)24-17-22(16-21-11-7-8-12-23(21)24)20-14-13-18-9-5-6-10-19(18)15-20/h5-17H,1-4H3. The summed E-state index contributed by atoms with van der Waals surface area (Å²) in [6.07, 6.45) is 0. The molecule has 29 heavy (non-hydrogen) atoms. The van der Waals surface area contributed by atoms with Crippen LogP contribution in [0.3, 0.4) is 0 Å². The third-order valence-corrected chi connectivity index (χ3v) is 6.48. The molecule has 0 aliphatic carbocycles. The van der Waals surface area contributed by atoms with E-state index in [0.717, 1.165) is 5.46 Å². The molecule has 4 aromatic rings. The van der Waals surface area contributed by atoms with Crippen LogP contribution >= 0.6 is 0 Å². The van der Waals surface area contributed by atoms with Crippen LogP contribution in [0.1, 0.15) is 27.7 Å². The number of rotatable bonds is 2. The van der Waals surface area contributed by atoms with Crippen molar-refractivity contribution in [3.63, 3.8) is 0 Å². The van der Waals surface area contributed by atoms with Crippen LogP contribution in [-0.2, 0) is 9.31 Å². The Morgan fingerprint density at radius 3 is 1.90 bits per heavy atom. The van der Waals surface area contributed by atoms with Gasteiger partial charge in [0.25, 0.3) is 0 Å². The second-order valence-electron chi connectivity index (χ2n) is 8.94. The van der Waals surface area contributed by atoms with Crippen LogP contribution in [0.5, 0.6) is 0 Å². The molecule has 0 bridgehead atoms. The lowest BCUT2D eigenvalue weighted by molar-refractivity contribution is 0.00578. The van der Waals surface area contributed by atoms with Crippen molar-refractivity contribution in [1.82, 2.24) is 0 Å². The van der Waals surface area contributed by atoms with Crippen molar-refractivity contribution in [1.29, 1.82) is 0 Å². The topological polar surface area (TPSA) is 18.5 Å². The highest BCUT2D eigenvalue weighted by molar-refractivity contribution is 6.65. The van der Waals surface area contributed by atoms with Crippen molar-refractivity contribution in [2.45, 2.75) is 38.9 Å². The highest BCUT2D eigenvalue weighted by Gasteiger charge is 2.52. The second kappa shape index (κ2) is 6.45. The van der Waals surface area contributed by atoms with Gasteiger partial charge in [-0.3, -0.25) is 0 Å². The summed E-state index contributed by atoms with van der Waals surface area (Å²) in [6.45, 7) is 8.40. The first-order valence-corrected chi connectivity index (χ1v) is 10.2. The van der Waals surface area contributed by atoms with Gasteiger partial charge in [-0.1, -0.05) is 66.7 Å². The Morgan fingerprint density at radius 1 is 0.586 bits per heavy atom. The molecule has 144 valence electrons. The van der Waals surface area contributed by atoms with Gasteiger partial charge in [0, 0.05) is 0 Å². The van der Waals surface area contributed by atoms with Gasteiger partial charge < -0.3 is 9.31 Å².